The molecule has 0 aliphatic heterocycles. The maximum Gasteiger partial charge on any atom is 0.0346 e. The highest BCUT2D eigenvalue weighted by Gasteiger charge is 2.80. The molecule has 0 amide bonds. The first-order chi connectivity index (χ1) is 16.4. The van der Waals surface area contributed by atoms with E-state index in [2.05, 4.69) is 25.7 Å². The van der Waals surface area contributed by atoms with Crippen LogP contribution in [0.25, 0.3) is 0 Å². The highest BCUT2D eigenvalue weighted by molar-refractivity contribution is 5.32. The molecule has 14 saturated carbocycles. The van der Waals surface area contributed by atoms with Crippen molar-refractivity contribution in [2.45, 2.75) is 78.1 Å². The fraction of sp³-hybridized carbons (Fsp3) is 0.882. The summed E-state index contributed by atoms with van der Waals surface area (Å²) in [7, 11) is 0. The molecule has 0 N–H and O–H groups in total. The van der Waals surface area contributed by atoms with Crippen molar-refractivity contribution in [3.8, 4) is 24.7 Å². The fourth-order valence-corrected chi connectivity index (χ4v) is 16.6. The van der Waals surface area contributed by atoms with Crippen molar-refractivity contribution in [3.63, 3.8) is 0 Å². The minimum atomic E-state index is 0.278. The van der Waals surface area contributed by atoms with Gasteiger partial charge in [-0.2, -0.15) is 0 Å². The topological polar surface area (TPSA) is 0 Å². The first-order valence-electron chi connectivity index (χ1n) is 15.3. The molecule has 178 valence electrons. The van der Waals surface area contributed by atoms with E-state index < -0.39 is 0 Å². The maximum absolute atomic E-state index is 6.29. The summed E-state index contributed by atoms with van der Waals surface area (Å²) in [5.74, 6) is 20.8. The molecule has 34 heavy (non-hydrogen) atoms. The minimum Gasteiger partial charge on any atom is -0.120 e. The summed E-state index contributed by atoms with van der Waals surface area (Å²) in [6, 6.07) is 0. The Balaban J connectivity index is 1.09. The molecule has 14 aliphatic rings. The number of hydrogen-bond acceptors (Lipinski definition) is 0. The molecule has 14 rings (SSSR count). The lowest BCUT2D eigenvalue weighted by Crippen LogP contribution is -2.77. The second-order valence-electron chi connectivity index (χ2n) is 16.6. The van der Waals surface area contributed by atoms with Crippen molar-refractivity contribution in [3.05, 3.63) is 0 Å². The summed E-state index contributed by atoms with van der Waals surface area (Å²) < 4.78 is 0. The van der Waals surface area contributed by atoms with Gasteiger partial charge in [-0.05, 0) is 158 Å². The molecule has 0 aromatic carbocycles. The summed E-state index contributed by atoms with van der Waals surface area (Å²) in [6.45, 7) is 5.38. The Kier molecular flexibility index (Phi) is 2.96. The summed E-state index contributed by atoms with van der Waals surface area (Å²) in [6.07, 6.45) is 27.6. The fourth-order valence-electron chi connectivity index (χ4n) is 16.6. The van der Waals surface area contributed by atoms with E-state index in [4.69, 9.17) is 12.8 Å². The third kappa shape index (κ3) is 1.62. The van der Waals surface area contributed by atoms with Crippen LogP contribution in [-0.4, -0.2) is 0 Å². The van der Waals surface area contributed by atoms with Crippen LogP contribution in [0.3, 0.4) is 0 Å². The lowest BCUT2D eigenvalue weighted by atomic mass is 9.21. The average molecular weight is 451 g/mol. The quantitative estimate of drug-likeness (QED) is 0.381. The van der Waals surface area contributed by atoms with E-state index in [-0.39, 0.29) is 5.41 Å². The molecule has 0 saturated heterocycles. The number of terminal acetylenes is 2. The third-order valence-corrected chi connectivity index (χ3v) is 17.1. The second-order valence-corrected chi connectivity index (χ2v) is 16.6. The van der Waals surface area contributed by atoms with Gasteiger partial charge >= 0.3 is 0 Å². The SMILES string of the molecule is C#CC12CC3C4CC5(C67CC8C9CC%10(C#C)CC8C(C6)C(C9C7)C%10C)CC3C(C1)C(C4C2)C5C. The Morgan fingerprint density at radius 1 is 0.500 bits per heavy atom. The van der Waals surface area contributed by atoms with Crippen molar-refractivity contribution < 1.29 is 0 Å². The second kappa shape index (κ2) is 5.23. The van der Waals surface area contributed by atoms with Crippen LogP contribution in [0.2, 0.25) is 0 Å². The summed E-state index contributed by atoms with van der Waals surface area (Å²) in [5, 5.41) is 0. The van der Waals surface area contributed by atoms with E-state index in [1.165, 1.54) is 32.1 Å². The van der Waals surface area contributed by atoms with Crippen molar-refractivity contribution >= 4 is 0 Å². The zero-order valence-corrected chi connectivity index (χ0v) is 21.3. The van der Waals surface area contributed by atoms with E-state index in [1.807, 2.05) is 0 Å². The lowest BCUT2D eigenvalue weighted by molar-refractivity contribution is -0.347. The Bertz CT molecular complexity index is 1060. The van der Waals surface area contributed by atoms with Crippen molar-refractivity contribution in [2.24, 2.45) is 105 Å². The van der Waals surface area contributed by atoms with Gasteiger partial charge in [-0.25, -0.2) is 0 Å². The normalized spacial score (nSPS) is 74.6. The van der Waals surface area contributed by atoms with Gasteiger partial charge in [-0.3, -0.25) is 0 Å². The molecule has 0 aromatic heterocycles. The van der Waals surface area contributed by atoms with Gasteiger partial charge in [0.05, 0.1) is 0 Å². The monoisotopic (exact) mass is 450 g/mol. The van der Waals surface area contributed by atoms with Gasteiger partial charge in [0.25, 0.3) is 0 Å². The molecule has 0 nitrogen and oxygen atoms in total. The maximum atomic E-state index is 6.29. The van der Waals surface area contributed by atoms with E-state index in [0.29, 0.717) is 16.2 Å². The molecule has 0 aromatic rings. The molecule has 16 bridgehead atoms. The molecule has 0 radical (unpaired) electrons. The predicted octanol–water partition coefficient (Wildman–Crippen LogP) is 6.90. The van der Waals surface area contributed by atoms with E-state index in [1.54, 1.807) is 32.1 Å². The molecule has 14 aliphatic carbocycles. The van der Waals surface area contributed by atoms with Gasteiger partial charge in [0, 0.05) is 10.8 Å². The van der Waals surface area contributed by atoms with Gasteiger partial charge in [-0.1, -0.05) is 25.7 Å². The molecule has 0 spiro atoms. The smallest absolute Gasteiger partial charge is 0.0346 e. The minimum absolute atomic E-state index is 0.278. The van der Waals surface area contributed by atoms with Crippen LogP contribution in [0.15, 0.2) is 0 Å². The Morgan fingerprint density at radius 3 is 1.53 bits per heavy atom. The molecular formula is C34H42. The highest BCUT2D eigenvalue weighted by atomic mass is 14.8. The van der Waals surface area contributed by atoms with Crippen LogP contribution < -0.4 is 0 Å². The number of hydrogen-bond donors (Lipinski definition) is 0. The summed E-state index contributed by atoms with van der Waals surface area (Å²) in [4.78, 5) is 0. The molecule has 14 fully saturated rings. The highest BCUT2D eigenvalue weighted by Crippen LogP contribution is 2.87. The van der Waals surface area contributed by atoms with Crippen LogP contribution >= 0.6 is 0 Å². The van der Waals surface area contributed by atoms with Crippen LogP contribution in [0, 0.1) is 129 Å². The first kappa shape index (κ1) is 19.3. The number of rotatable bonds is 1. The average Bonchev–Trinajstić information content (AvgIpc) is 2.86. The van der Waals surface area contributed by atoms with Crippen LogP contribution in [0.4, 0.5) is 0 Å². The van der Waals surface area contributed by atoms with Crippen molar-refractivity contribution in [1.82, 2.24) is 0 Å². The lowest BCUT2D eigenvalue weighted by Gasteiger charge is -2.83. The Labute approximate surface area is 207 Å². The first-order valence-corrected chi connectivity index (χ1v) is 15.3. The van der Waals surface area contributed by atoms with Gasteiger partial charge in [-0.15, -0.1) is 12.8 Å². The zero-order valence-electron chi connectivity index (χ0n) is 21.3. The predicted molar refractivity (Wildman–Crippen MR) is 134 cm³/mol. The van der Waals surface area contributed by atoms with Gasteiger partial charge in [0.2, 0.25) is 0 Å². The standard InChI is InChI=1S/C34H42/c1-5-31-7-19-23-15-34(16-24(19)26(9-31)30(18(34)4)25(23)8-31)33-12-22-20-10-32(6-2)11-21(22)28(14-33)29(17(32)3)27(20)13-33/h1-2,17-30H,7-16H2,3-4H3. The van der Waals surface area contributed by atoms with Crippen molar-refractivity contribution in [1.29, 1.82) is 0 Å². The van der Waals surface area contributed by atoms with Crippen LogP contribution in [0.1, 0.15) is 78.1 Å². The molecule has 10 atom stereocenters. The molecular weight excluding hydrogens is 408 g/mol. The van der Waals surface area contributed by atoms with Gasteiger partial charge < -0.3 is 0 Å². The Hall–Kier alpha value is -0.880. The van der Waals surface area contributed by atoms with E-state index in [9.17, 15) is 0 Å². The van der Waals surface area contributed by atoms with Crippen molar-refractivity contribution in [2.75, 3.05) is 0 Å². The molecule has 0 heterocycles. The van der Waals surface area contributed by atoms with E-state index in [0.717, 1.165) is 82.9 Å². The van der Waals surface area contributed by atoms with Crippen LogP contribution in [0.5, 0.6) is 0 Å². The zero-order chi connectivity index (χ0) is 22.6. The largest absolute Gasteiger partial charge is 0.120 e. The third-order valence-electron chi connectivity index (χ3n) is 17.1. The van der Waals surface area contributed by atoms with E-state index >= 15 is 0 Å². The summed E-state index contributed by atoms with van der Waals surface area (Å²) in [5.41, 5.74) is 1.97. The van der Waals surface area contributed by atoms with Gasteiger partial charge in [0.1, 0.15) is 0 Å². The molecule has 0 heteroatoms. The van der Waals surface area contributed by atoms with Gasteiger partial charge in [0.15, 0.2) is 0 Å². The summed E-state index contributed by atoms with van der Waals surface area (Å²) >= 11 is 0. The Morgan fingerprint density at radius 2 is 0.941 bits per heavy atom. The molecule has 10 unspecified atom stereocenters. The van der Waals surface area contributed by atoms with Crippen LogP contribution in [-0.2, 0) is 0 Å².